The molecule has 0 atom stereocenters. The molecule has 0 radical (unpaired) electrons. The van der Waals surface area contributed by atoms with E-state index < -0.39 is 11.7 Å². The number of piperazine rings is 1. The van der Waals surface area contributed by atoms with E-state index in [2.05, 4.69) is 9.80 Å². The van der Waals surface area contributed by atoms with Gasteiger partial charge in [-0.3, -0.25) is 14.6 Å². The van der Waals surface area contributed by atoms with Crippen LogP contribution >= 0.6 is 0 Å². The zero-order valence-corrected chi connectivity index (χ0v) is 14.3. The van der Waals surface area contributed by atoms with Gasteiger partial charge in [-0.05, 0) is 24.5 Å². The van der Waals surface area contributed by atoms with Gasteiger partial charge in [-0.25, -0.2) is 0 Å². The number of hydrogen-bond acceptors (Lipinski definition) is 3. The Kier molecular flexibility index (Phi) is 5.64. The normalized spacial score (nSPS) is 20.2. The molecule has 1 aromatic rings. The van der Waals surface area contributed by atoms with E-state index in [-0.39, 0.29) is 5.91 Å². The Hall–Kier alpha value is -1.60. The molecule has 138 valence electrons. The summed E-state index contributed by atoms with van der Waals surface area (Å²) in [4.78, 5) is 18.4. The van der Waals surface area contributed by atoms with Gasteiger partial charge in [0.25, 0.3) is 0 Å². The second-order valence-corrected chi connectivity index (χ2v) is 6.84. The molecule has 2 aliphatic rings. The van der Waals surface area contributed by atoms with Crippen molar-refractivity contribution in [3.05, 3.63) is 35.4 Å². The van der Waals surface area contributed by atoms with E-state index in [0.717, 1.165) is 58.2 Å². The molecule has 1 aromatic carbocycles. The van der Waals surface area contributed by atoms with E-state index in [1.165, 1.54) is 12.1 Å². The van der Waals surface area contributed by atoms with Crippen LogP contribution in [0.15, 0.2) is 24.3 Å². The van der Waals surface area contributed by atoms with Crippen molar-refractivity contribution in [2.45, 2.75) is 25.6 Å². The van der Waals surface area contributed by atoms with Crippen LogP contribution in [0.1, 0.15) is 24.0 Å². The number of amides is 1. The van der Waals surface area contributed by atoms with Crippen molar-refractivity contribution in [1.29, 1.82) is 0 Å². The fraction of sp³-hybridized carbons (Fsp3) is 0.611. The highest BCUT2D eigenvalue weighted by Gasteiger charge is 2.30. The molecular weight excluding hydrogens is 331 g/mol. The molecule has 0 spiro atoms. The Morgan fingerprint density at radius 3 is 2.24 bits per heavy atom. The largest absolute Gasteiger partial charge is 0.416 e. The summed E-state index contributed by atoms with van der Waals surface area (Å²) in [6.45, 7) is 5.79. The molecule has 2 saturated heterocycles. The molecule has 0 aromatic heterocycles. The van der Waals surface area contributed by atoms with Crippen molar-refractivity contribution in [1.82, 2.24) is 14.7 Å². The van der Waals surface area contributed by atoms with Crippen LogP contribution in [0.2, 0.25) is 0 Å². The van der Waals surface area contributed by atoms with Gasteiger partial charge in [0, 0.05) is 45.8 Å². The maximum Gasteiger partial charge on any atom is 0.416 e. The Balaban J connectivity index is 1.47. The SMILES string of the molecule is O=C(CN1CCN(Cc2cccc(C(F)(F)F)c2)CC1)N1CCCC1. The number of rotatable bonds is 4. The van der Waals surface area contributed by atoms with Gasteiger partial charge < -0.3 is 4.90 Å². The van der Waals surface area contributed by atoms with Gasteiger partial charge in [-0.2, -0.15) is 13.2 Å². The summed E-state index contributed by atoms with van der Waals surface area (Å²) < 4.78 is 38.4. The summed E-state index contributed by atoms with van der Waals surface area (Å²) >= 11 is 0. The fourth-order valence-electron chi connectivity index (χ4n) is 3.47. The second kappa shape index (κ2) is 7.74. The number of likely N-dealkylation sites (tertiary alicyclic amines) is 1. The van der Waals surface area contributed by atoms with Gasteiger partial charge in [0.15, 0.2) is 0 Å². The quantitative estimate of drug-likeness (QED) is 0.830. The summed E-state index contributed by atoms with van der Waals surface area (Å²) in [6, 6.07) is 5.52. The average molecular weight is 355 g/mol. The third kappa shape index (κ3) is 4.95. The minimum absolute atomic E-state index is 0.198. The van der Waals surface area contributed by atoms with Crippen molar-refractivity contribution >= 4 is 5.91 Å². The van der Waals surface area contributed by atoms with Crippen LogP contribution in [-0.4, -0.2) is 66.4 Å². The van der Waals surface area contributed by atoms with E-state index >= 15 is 0 Å². The van der Waals surface area contributed by atoms with E-state index in [9.17, 15) is 18.0 Å². The summed E-state index contributed by atoms with van der Waals surface area (Å²) in [5.41, 5.74) is 0.0799. The number of hydrogen-bond donors (Lipinski definition) is 0. The fourth-order valence-corrected chi connectivity index (χ4v) is 3.47. The monoisotopic (exact) mass is 355 g/mol. The van der Waals surface area contributed by atoms with E-state index in [1.54, 1.807) is 6.07 Å². The minimum Gasteiger partial charge on any atom is -0.342 e. The number of carbonyl (C=O) groups is 1. The molecule has 7 heteroatoms. The first-order valence-corrected chi connectivity index (χ1v) is 8.80. The van der Waals surface area contributed by atoms with E-state index in [4.69, 9.17) is 0 Å². The van der Waals surface area contributed by atoms with Crippen molar-refractivity contribution in [3.63, 3.8) is 0 Å². The van der Waals surface area contributed by atoms with Crippen LogP contribution in [0.25, 0.3) is 0 Å². The van der Waals surface area contributed by atoms with Crippen LogP contribution in [0, 0.1) is 0 Å². The topological polar surface area (TPSA) is 26.8 Å². The molecule has 0 unspecified atom stereocenters. The van der Waals surface area contributed by atoms with Crippen molar-refractivity contribution in [3.8, 4) is 0 Å². The van der Waals surface area contributed by atoms with Gasteiger partial charge in [0.05, 0.1) is 12.1 Å². The summed E-state index contributed by atoms with van der Waals surface area (Å²) in [6.07, 6.45) is -2.11. The Labute approximate surface area is 146 Å². The predicted octanol–water partition coefficient (Wildman–Crippen LogP) is 2.45. The summed E-state index contributed by atoms with van der Waals surface area (Å²) in [7, 11) is 0. The first-order chi connectivity index (χ1) is 11.9. The zero-order chi connectivity index (χ0) is 17.9. The molecule has 1 amide bonds. The molecule has 0 saturated carbocycles. The molecule has 4 nitrogen and oxygen atoms in total. The van der Waals surface area contributed by atoms with Crippen LogP contribution in [0.4, 0.5) is 13.2 Å². The lowest BCUT2D eigenvalue weighted by Gasteiger charge is -2.35. The number of benzene rings is 1. The van der Waals surface area contributed by atoms with E-state index in [0.29, 0.717) is 18.7 Å². The molecule has 3 rings (SSSR count). The molecule has 0 bridgehead atoms. The Morgan fingerprint density at radius 1 is 0.960 bits per heavy atom. The highest BCUT2D eigenvalue weighted by atomic mass is 19.4. The van der Waals surface area contributed by atoms with Crippen molar-refractivity contribution in [2.24, 2.45) is 0 Å². The maximum atomic E-state index is 12.8. The van der Waals surface area contributed by atoms with Gasteiger partial charge in [0.1, 0.15) is 0 Å². The maximum absolute atomic E-state index is 12.8. The number of alkyl halides is 3. The lowest BCUT2D eigenvalue weighted by molar-refractivity contribution is -0.137. The van der Waals surface area contributed by atoms with Gasteiger partial charge >= 0.3 is 6.18 Å². The first-order valence-electron chi connectivity index (χ1n) is 8.80. The third-order valence-corrected chi connectivity index (χ3v) is 4.94. The van der Waals surface area contributed by atoms with Gasteiger partial charge in [-0.1, -0.05) is 18.2 Å². The zero-order valence-electron chi connectivity index (χ0n) is 14.3. The standard InChI is InChI=1S/C18H24F3N3O/c19-18(20,21)16-5-3-4-15(12-16)13-22-8-10-23(11-9-22)14-17(25)24-6-1-2-7-24/h3-5,12H,1-2,6-11,13-14H2. The predicted molar refractivity (Wildman–Crippen MR) is 89.0 cm³/mol. The third-order valence-electron chi connectivity index (χ3n) is 4.94. The highest BCUT2D eigenvalue weighted by Crippen LogP contribution is 2.29. The smallest absolute Gasteiger partial charge is 0.342 e. The summed E-state index contributed by atoms with van der Waals surface area (Å²) in [5.74, 6) is 0.198. The van der Waals surface area contributed by atoms with Crippen LogP contribution in [0.5, 0.6) is 0 Å². The molecule has 0 aliphatic carbocycles. The minimum atomic E-state index is -4.30. The lowest BCUT2D eigenvalue weighted by atomic mass is 10.1. The average Bonchev–Trinajstić information content (AvgIpc) is 3.11. The van der Waals surface area contributed by atoms with E-state index in [1.807, 2.05) is 4.90 Å². The number of carbonyl (C=O) groups excluding carboxylic acids is 1. The van der Waals surface area contributed by atoms with Crippen molar-refractivity contribution in [2.75, 3.05) is 45.8 Å². The van der Waals surface area contributed by atoms with Crippen LogP contribution < -0.4 is 0 Å². The molecule has 2 aliphatic heterocycles. The molecule has 2 fully saturated rings. The Morgan fingerprint density at radius 2 is 1.60 bits per heavy atom. The second-order valence-electron chi connectivity index (χ2n) is 6.84. The molecular formula is C18H24F3N3O. The number of nitrogens with zero attached hydrogens (tertiary/aromatic N) is 3. The van der Waals surface area contributed by atoms with Crippen LogP contribution in [0.3, 0.4) is 0 Å². The lowest BCUT2D eigenvalue weighted by Crippen LogP contribution is -2.49. The highest BCUT2D eigenvalue weighted by molar-refractivity contribution is 5.78. The molecule has 0 N–H and O–H groups in total. The van der Waals surface area contributed by atoms with Gasteiger partial charge in [0.2, 0.25) is 5.91 Å². The number of halogens is 3. The molecule has 2 heterocycles. The van der Waals surface area contributed by atoms with Crippen molar-refractivity contribution < 1.29 is 18.0 Å². The Bertz CT molecular complexity index is 591. The van der Waals surface area contributed by atoms with Gasteiger partial charge in [-0.15, -0.1) is 0 Å². The van der Waals surface area contributed by atoms with Crippen LogP contribution in [-0.2, 0) is 17.5 Å². The first kappa shape index (κ1) is 18.2. The summed E-state index contributed by atoms with van der Waals surface area (Å²) in [5, 5.41) is 0. The molecule has 25 heavy (non-hydrogen) atoms.